The van der Waals surface area contributed by atoms with Crippen molar-refractivity contribution in [3.8, 4) is 0 Å². The standard InChI is InChI=1S/C25H43NO5/c1-5-31-22(27)21(26)25(29)12-15(2)20-19-7-6-16-13-24(28,14-30-4)11-9-17(16)18(19)8-10-23(20,25)3/h15-21,28-29H,5-14,26H2,1-4H3/t15-,16-,17+,18-,19-,20+,21?,23+,24-,25?/m1/s1. The molecule has 0 aliphatic heterocycles. The first-order chi connectivity index (χ1) is 14.6. The highest BCUT2D eigenvalue weighted by molar-refractivity contribution is 5.77. The molecule has 0 amide bonds. The number of aliphatic hydroxyl groups is 2. The summed E-state index contributed by atoms with van der Waals surface area (Å²) in [5.74, 6) is 2.65. The first-order valence-electron chi connectivity index (χ1n) is 12.5. The van der Waals surface area contributed by atoms with E-state index in [1.54, 1.807) is 14.0 Å². The third-order valence-corrected chi connectivity index (χ3v) is 10.1. The summed E-state index contributed by atoms with van der Waals surface area (Å²) >= 11 is 0. The number of rotatable bonds is 5. The highest BCUT2D eigenvalue weighted by Crippen LogP contribution is 2.67. The fourth-order valence-corrected chi connectivity index (χ4v) is 8.93. The molecule has 0 radical (unpaired) electrons. The molecule has 0 aromatic rings. The van der Waals surface area contributed by atoms with Crippen LogP contribution in [0.1, 0.15) is 72.1 Å². The van der Waals surface area contributed by atoms with E-state index in [1.807, 2.05) is 0 Å². The summed E-state index contributed by atoms with van der Waals surface area (Å²) in [7, 11) is 1.67. The number of carbonyl (C=O) groups excluding carboxylic acids is 1. The van der Waals surface area contributed by atoms with Gasteiger partial charge in [0.2, 0.25) is 0 Å². The average Bonchev–Trinajstić information content (AvgIpc) is 2.93. The molecule has 4 aliphatic carbocycles. The Kier molecular flexibility index (Phi) is 6.26. The van der Waals surface area contributed by atoms with Crippen molar-refractivity contribution in [1.29, 1.82) is 0 Å². The van der Waals surface area contributed by atoms with Crippen molar-refractivity contribution in [3.63, 3.8) is 0 Å². The van der Waals surface area contributed by atoms with Gasteiger partial charge in [-0.05, 0) is 93.8 Å². The van der Waals surface area contributed by atoms with Gasteiger partial charge in [-0.3, -0.25) is 4.79 Å². The molecule has 4 fully saturated rings. The van der Waals surface area contributed by atoms with E-state index in [-0.39, 0.29) is 12.0 Å². The fraction of sp³-hybridized carbons (Fsp3) is 0.960. The number of ether oxygens (including phenoxy) is 2. The van der Waals surface area contributed by atoms with Crippen LogP contribution in [-0.4, -0.2) is 53.7 Å². The van der Waals surface area contributed by atoms with Crippen LogP contribution in [0.3, 0.4) is 0 Å². The molecule has 4 aliphatic rings. The van der Waals surface area contributed by atoms with Crippen molar-refractivity contribution >= 4 is 5.97 Å². The highest BCUT2D eigenvalue weighted by Gasteiger charge is 2.68. The van der Waals surface area contributed by atoms with Crippen molar-refractivity contribution in [2.75, 3.05) is 20.3 Å². The van der Waals surface area contributed by atoms with Crippen LogP contribution in [-0.2, 0) is 14.3 Å². The molecule has 31 heavy (non-hydrogen) atoms. The third-order valence-electron chi connectivity index (χ3n) is 10.1. The molecule has 0 spiro atoms. The normalized spacial score (nSPS) is 50.2. The van der Waals surface area contributed by atoms with Gasteiger partial charge in [0.25, 0.3) is 0 Å². The number of methoxy groups -OCH3 is 1. The molecule has 0 heterocycles. The van der Waals surface area contributed by atoms with Gasteiger partial charge in [-0.15, -0.1) is 0 Å². The minimum absolute atomic E-state index is 0.279. The molecule has 2 unspecified atom stereocenters. The van der Waals surface area contributed by atoms with Crippen LogP contribution < -0.4 is 5.73 Å². The lowest BCUT2D eigenvalue weighted by Gasteiger charge is -2.59. The molecule has 4 saturated carbocycles. The summed E-state index contributed by atoms with van der Waals surface area (Å²) in [6.07, 6.45) is 7.56. The second-order valence-electron chi connectivity index (χ2n) is 11.5. The maximum absolute atomic E-state index is 12.5. The second kappa shape index (κ2) is 8.27. The second-order valence-corrected chi connectivity index (χ2v) is 11.5. The molecule has 10 atom stereocenters. The number of nitrogens with two attached hydrogens (primary N) is 1. The minimum atomic E-state index is -1.21. The van der Waals surface area contributed by atoms with Crippen molar-refractivity contribution in [2.45, 2.75) is 89.4 Å². The number of esters is 1. The molecule has 0 bridgehead atoms. The predicted octanol–water partition coefficient (Wildman–Crippen LogP) is 2.88. The Hall–Kier alpha value is -0.690. The zero-order valence-electron chi connectivity index (χ0n) is 19.8. The van der Waals surface area contributed by atoms with Crippen molar-refractivity contribution < 1.29 is 24.5 Å². The predicted molar refractivity (Wildman–Crippen MR) is 118 cm³/mol. The van der Waals surface area contributed by atoms with Gasteiger partial charge < -0.3 is 25.4 Å². The van der Waals surface area contributed by atoms with Gasteiger partial charge >= 0.3 is 5.97 Å². The smallest absolute Gasteiger partial charge is 0.325 e. The van der Waals surface area contributed by atoms with Crippen LogP contribution in [0.25, 0.3) is 0 Å². The lowest BCUT2D eigenvalue weighted by molar-refractivity contribution is -0.173. The molecule has 0 aromatic heterocycles. The number of hydrogen-bond donors (Lipinski definition) is 3. The Morgan fingerprint density at radius 1 is 1.10 bits per heavy atom. The van der Waals surface area contributed by atoms with Gasteiger partial charge in [0, 0.05) is 12.5 Å². The Labute approximate surface area is 187 Å². The Morgan fingerprint density at radius 3 is 2.48 bits per heavy atom. The fourth-order valence-electron chi connectivity index (χ4n) is 8.93. The van der Waals surface area contributed by atoms with Crippen LogP contribution in [0, 0.1) is 40.9 Å². The summed E-state index contributed by atoms with van der Waals surface area (Å²) in [6, 6.07) is -0.989. The largest absolute Gasteiger partial charge is 0.465 e. The highest BCUT2D eigenvalue weighted by atomic mass is 16.5. The molecular formula is C25H43NO5. The molecule has 6 heteroatoms. The zero-order chi connectivity index (χ0) is 22.6. The SMILES string of the molecule is CCOC(=O)C(N)C1(O)C[C@@H](C)[C@H]2[C@@H]3CC[C@@H]4C[C@@](O)(COC)CC[C@@H]4[C@H]3CC[C@@]21C. The number of fused-ring (bicyclic) bond motifs is 5. The lowest BCUT2D eigenvalue weighted by atomic mass is 9.47. The zero-order valence-corrected chi connectivity index (χ0v) is 19.8. The van der Waals surface area contributed by atoms with E-state index >= 15 is 0 Å². The maximum Gasteiger partial charge on any atom is 0.325 e. The van der Waals surface area contributed by atoms with Crippen LogP contribution in [0.4, 0.5) is 0 Å². The van der Waals surface area contributed by atoms with Gasteiger partial charge in [-0.2, -0.15) is 0 Å². The first-order valence-corrected chi connectivity index (χ1v) is 12.5. The van der Waals surface area contributed by atoms with Crippen LogP contribution in [0.15, 0.2) is 0 Å². The lowest BCUT2D eigenvalue weighted by Crippen LogP contribution is -2.63. The summed E-state index contributed by atoms with van der Waals surface area (Å²) in [4.78, 5) is 12.5. The molecule has 0 saturated heterocycles. The molecule has 4 rings (SSSR count). The summed E-state index contributed by atoms with van der Waals surface area (Å²) < 4.78 is 10.5. The third kappa shape index (κ3) is 3.56. The molecule has 0 aromatic carbocycles. The first kappa shape index (κ1) is 23.5. The van der Waals surface area contributed by atoms with Crippen LogP contribution in [0.2, 0.25) is 0 Å². The maximum atomic E-state index is 12.5. The molecule has 178 valence electrons. The van der Waals surface area contributed by atoms with Gasteiger partial charge in [0.05, 0.1) is 24.4 Å². The van der Waals surface area contributed by atoms with E-state index in [2.05, 4.69) is 13.8 Å². The van der Waals surface area contributed by atoms with Crippen molar-refractivity contribution in [3.05, 3.63) is 0 Å². The minimum Gasteiger partial charge on any atom is -0.465 e. The number of hydrogen-bond acceptors (Lipinski definition) is 6. The molecule has 6 nitrogen and oxygen atoms in total. The summed E-state index contributed by atoms with van der Waals surface area (Å²) in [6.45, 7) is 6.91. The van der Waals surface area contributed by atoms with E-state index in [1.165, 1.54) is 0 Å². The molecule has 4 N–H and O–H groups in total. The van der Waals surface area contributed by atoms with Crippen molar-refractivity contribution in [1.82, 2.24) is 0 Å². The van der Waals surface area contributed by atoms with Crippen LogP contribution >= 0.6 is 0 Å². The van der Waals surface area contributed by atoms with Crippen LogP contribution in [0.5, 0.6) is 0 Å². The van der Waals surface area contributed by atoms with E-state index in [9.17, 15) is 15.0 Å². The Bertz CT molecular complexity index is 687. The summed E-state index contributed by atoms with van der Waals surface area (Å²) in [5, 5.41) is 22.8. The monoisotopic (exact) mass is 437 g/mol. The van der Waals surface area contributed by atoms with Gasteiger partial charge in [0.15, 0.2) is 0 Å². The van der Waals surface area contributed by atoms with E-state index in [0.29, 0.717) is 48.5 Å². The van der Waals surface area contributed by atoms with E-state index in [4.69, 9.17) is 15.2 Å². The summed E-state index contributed by atoms with van der Waals surface area (Å²) in [5.41, 5.74) is 4.12. The Balaban J connectivity index is 1.56. The van der Waals surface area contributed by atoms with Gasteiger partial charge in [-0.25, -0.2) is 0 Å². The Morgan fingerprint density at radius 2 is 1.81 bits per heavy atom. The molecular weight excluding hydrogens is 394 g/mol. The number of carbonyl (C=O) groups is 1. The van der Waals surface area contributed by atoms with Crippen molar-refractivity contribution in [2.24, 2.45) is 46.7 Å². The van der Waals surface area contributed by atoms with E-state index in [0.717, 1.165) is 44.9 Å². The quantitative estimate of drug-likeness (QED) is 0.572. The topological polar surface area (TPSA) is 102 Å². The van der Waals surface area contributed by atoms with Gasteiger partial charge in [0.1, 0.15) is 6.04 Å². The van der Waals surface area contributed by atoms with Gasteiger partial charge in [-0.1, -0.05) is 13.8 Å². The van der Waals surface area contributed by atoms with E-state index < -0.39 is 23.2 Å². The average molecular weight is 438 g/mol.